The summed E-state index contributed by atoms with van der Waals surface area (Å²) in [7, 11) is 0. The standard InChI is InChI=1S/C64H49NO/c1-63(2)57-19-8-7-16-55(57)56-40-33-48(41-60(56)63)44-29-36-50(37-30-44)65(49-34-27-43(28-35-49)42-23-25-46(26-24-42)53-17-11-14-45-13-5-6-15-52(45)53)51-38-31-47(32-39-51)54-18-12-21-59-62(54)66-61-22-10-9-20-58(61)64(59,3)4/h5-41H,1-4H3. The molecule has 0 unspecified atom stereocenters. The average Bonchev–Trinajstić information content (AvgIpc) is 3.59. The average molecular weight is 848 g/mol. The number of fused-ring (bicyclic) bond motifs is 6. The van der Waals surface area contributed by atoms with Crippen LogP contribution in [0.4, 0.5) is 17.1 Å². The summed E-state index contributed by atoms with van der Waals surface area (Å²) in [6.07, 6.45) is 0. The lowest BCUT2D eigenvalue weighted by Gasteiger charge is -2.35. The lowest BCUT2D eigenvalue weighted by Crippen LogP contribution is -2.24. The Morgan fingerprint density at radius 2 is 0.758 bits per heavy atom. The van der Waals surface area contributed by atoms with Crippen LogP contribution < -0.4 is 9.64 Å². The van der Waals surface area contributed by atoms with Crippen molar-refractivity contribution in [3.05, 3.63) is 247 Å². The normalized spacial score (nSPS) is 13.8. The summed E-state index contributed by atoms with van der Waals surface area (Å²) >= 11 is 0. The minimum absolute atomic E-state index is 0.0539. The summed E-state index contributed by atoms with van der Waals surface area (Å²) in [4.78, 5) is 2.36. The lowest BCUT2D eigenvalue weighted by molar-refractivity contribution is 0.419. The van der Waals surface area contributed by atoms with Gasteiger partial charge in [0.2, 0.25) is 0 Å². The van der Waals surface area contributed by atoms with Gasteiger partial charge in [-0.1, -0.05) is 204 Å². The first-order valence-electron chi connectivity index (χ1n) is 23.1. The SMILES string of the molecule is CC1(C)c2ccccc2-c2ccc(-c3ccc(N(c4ccc(-c5ccc(-c6cccc7ccccc67)cc5)cc4)c4ccc(-c5cccc6c5Oc5ccccc5C6(C)C)cc4)cc3)cc21. The molecule has 10 aromatic rings. The maximum Gasteiger partial charge on any atom is 0.139 e. The Morgan fingerprint density at radius 3 is 1.47 bits per heavy atom. The van der Waals surface area contributed by atoms with Crippen LogP contribution in [0.25, 0.3) is 66.4 Å². The van der Waals surface area contributed by atoms with E-state index in [9.17, 15) is 0 Å². The Morgan fingerprint density at radius 1 is 0.318 bits per heavy atom. The van der Waals surface area contributed by atoms with Gasteiger partial charge in [0.15, 0.2) is 0 Å². The van der Waals surface area contributed by atoms with Crippen molar-refractivity contribution in [1.82, 2.24) is 0 Å². The minimum Gasteiger partial charge on any atom is -0.456 e. The molecule has 0 fully saturated rings. The van der Waals surface area contributed by atoms with Gasteiger partial charge in [-0.2, -0.15) is 0 Å². The third-order valence-electron chi connectivity index (χ3n) is 14.4. The number of para-hydroxylation sites is 2. The van der Waals surface area contributed by atoms with Crippen molar-refractivity contribution in [3.8, 4) is 67.1 Å². The molecule has 0 saturated heterocycles. The van der Waals surface area contributed by atoms with E-state index in [0.29, 0.717) is 0 Å². The number of ether oxygens (including phenoxy) is 1. The summed E-state index contributed by atoms with van der Waals surface area (Å²) in [5.74, 6) is 1.85. The predicted octanol–water partition coefficient (Wildman–Crippen LogP) is 17.7. The Balaban J connectivity index is 0.895. The fraction of sp³-hybridized carbons (Fsp3) is 0.0938. The first-order valence-corrected chi connectivity index (χ1v) is 23.1. The molecule has 0 spiro atoms. The summed E-state index contributed by atoms with van der Waals surface area (Å²) in [5, 5.41) is 2.52. The second-order valence-electron chi connectivity index (χ2n) is 18.9. The largest absolute Gasteiger partial charge is 0.456 e. The number of hydrogen-bond acceptors (Lipinski definition) is 2. The zero-order chi connectivity index (χ0) is 44.6. The first kappa shape index (κ1) is 39.6. The van der Waals surface area contributed by atoms with Gasteiger partial charge >= 0.3 is 0 Å². The Kier molecular flexibility index (Phi) is 9.22. The molecule has 12 rings (SSSR count). The van der Waals surface area contributed by atoms with Crippen LogP contribution in [0, 0.1) is 0 Å². The summed E-state index contributed by atoms with van der Waals surface area (Å²) in [6, 6.07) is 81.9. The van der Waals surface area contributed by atoms with E-state index in [1.165, 1.54) is 77.5 Å². The van der Waals surface area contributed by atoms with Crippen LogP contribution >= 0.6 is 0 Å². The van der Waals surface area contributed by atoms with E-state index in [1.54, 1.807) is 0 Å². The van der Waals surface area contributed by atoms with Crippen LogP contribution in [-0.4, -0.2) is 0 Å². The highest BCUT2D eigenvalue weighted by molar-refractivity contribution is 5.97. The smallest absolute Gasteiger partial charge is 0.139 e. The van der Waals surface area contributed by atoms with Crippen molar-refractivity contribution < 1.29 is 4.74 Å². The van der Waals surface area contributed by atoms with E-state index in [2.05, 4.69) is 257 Å². The quantitative estimate of drug-likeness (QED) is 0.158. The number of hydrogen-bond donors (Lipinski definition) is 0. The fourth-order valence-electron chi connectivity index (χ4n) is 10.7. The van der Waals surface area contributed by atoms with Crippen molar-refractivity contribution in [1.29, 1.82) is 0 Å². The highest BCUT2D eigenvalue weighted by atomic mass is 16.5. The molecular weight excluding hydrogens is 799 g/mol. The molecule has 0 saturated carbocycles. The molecule has 66 heavy (non-hydrogen) atoms. The molecule has 2 heteroatoms. The van der Waals surface area contributed by atoms with Crippen LogP contribution in [0.1, 0.15) is 49.9 Å². The zero-order valence-corrected chi connectivity index (χ0v) is 37.7. The van der Waals surface area contributed by atoms with Gasteiger partial charge in [0.25, 0.3) is 0 Å². The molecule has 0 aromatic heterocycles. The second kappa shape index (κ2) is 15.4. The van der Waals surface area contributed by atoms with Crippen molar-refractivity contribution in [2.45, 2.75) is 38.5 Å². The number of rotatable bonds is 7. The van der Waals surface area contributed by atoms with Crippen molar-refractivity contribution >= 4 is 27.8 Å². The molecule has 0 N–H and O–H groups in total. The second-order valence-corrected chi connectivity index (χ2v) is 18.9. The Hall–Kier alpha value is -7.94. The van der Waals surface area contributed by atoms with Gasteiger partial charge in [0, 0.05) is 44.6 Å². The van der Waals surface area contributed by atoms with Gasteiger partial charge in [-0.15, -0.1) is 0 Å². The third-order valence-corrected chi connectivity index (χ3v) is 14.4. The van der Waals surface area contributed by atoms with E-state index in [-0.39, 0.29) is 10.8 Å². The molecular formula is C64H49NO. The topological polar surface area (TPSA) is 12.5 Å². The number of nitrogens with zero attached hydrogens (tertiary/aromatic N) is 1. The molecule has 1 aliphatic heterocycles. The van der Waals surface area contributed by atoms with Crippen molar-refractivity contribution in [3.63, 3.8) is 0 Å². The number of anilines is 3. The molecule has 0 bridgehead atoms. The minimum atomic E-state index is -0.185. The van der Waals surface area contributed by atoms with Crippen molar-refractivity contribution in [2.75, 3.05) is 4.90 Å². The van der Waals surface area contributed by atoms with Gasteiger partial charge in [0.1, 0.15) is 11.5 Å². The van der Waals surface area contributed by atoms with Crippen LogP contribution in [0.15, 0.2) is 224 Å². The molecule has 0 atom stereocenters. The molecule has 2 aliphatic rings. The van der Waals surface area contributed by atoms with E-state index in [4.69, 9.17) is 4.74 Å². The molecule has 0 radical (unpaired) electrons. The van der Waals surface area contributed by atoms with E-state index >= 15 is 0 Å². The van der Waals surface area contributed by atoms with Crippen LogP contribution in [0.5, 0.6) is 11.5 Å². The van der Waals surface area contributed by atoms with E-state index in [1.807, 2.05) is 0 Å². The summed E-state index contributed by atoms with van der Waals surface area (Å²) in [6.45, 7) is 9.28. The Bertz CT molecular complexity index is 3460. The molecule has 1 heterocycles. The number of benzene rings is 10. The van der Waals surface area contributed by atoms with Gasteiger partial charge in [-0.05, 0) is 121 Å². The lowest BCUT2D eigenvalue weighted by atomic mass is 9.75. The zero-order valence-electron chi connectivity index (χ0n) is 37.7. The van der Waals surface area contributed by atoms with Crippen LogP contribution in [-0.2, 0) is 10.8 Å². The van der Waals surface area contributed by atoms with E-state index in [0.717, 1.165) is 39.7 Å². The Labute approximate surface area is 388 Å². The van der Waals surface area contributed by atoms with Gasteiger partial charge < -0.3 is 9.64 Å². The van der Waals surface area contributed by atoms with E-state index < -0.39 is 0 Å². The maximum absolute atomic E-state index is 6.70. The highest BCUT2D eigenvalue weighted by Gasteiger charge is 2.36. The van der Waals surface area contributed by atoms with Gasteiger partial charge in [0.05, 0.1) is 0 Å². The maximum atomic E-state index is 6.70. The van der Waals surface area contributed by atoms with Gasteiger partial charge in [-0.25, -0.2) is 0 Å². The first-order chi connectivity index (χ1) is 32.2. The molecule has 316 valence electrons. The predicted molar refractivity (Wildman–Crippen MR) is 277 cm³/mol. The monoisotopic (exact) mass is 847 g/mol. The fourth-order valence-corrected chi connectivity index (χ4v) is 10.7. The van der Waals surface area contributed by atoms with Crippen molar-refractivity contribution in [2.24, 2.45) is 0 Å². The van der Waals surface area contributed by atoms with Gasteiger partial charge in [-0.3, -0.25) is 0 Å². The van der Waals surface area contributed by atoms with Crippen LogP contribution in [0.3, 0.4) is 0 Å². The molecule has 1 aliphatic carbocycles. The molecule has 0 amide bonds. The summed E-state index contributed by atoms with van der Waals surface area (Å²) < 4.78 is 6.70. The van der Waals surface area contributed by atoms with Crippen LogP contribution in [0.2, 0.25) is 0 Å². The third kappa shape index (κ3) is 6.47. The summed E-state index contributed by atoms with van der Waals surface area (Å²) in [5.41, 5.74) is 20.3. The molecule has 2 nitrogen and oxygen atoms in total. The molecule has 10 aromatic carbocycles. The highest BCUT2D eigenvalue weighted by Crippen LogP contribution is 2.52.